The molecule has 5 rings (SSSR count). The Bertz CT molecular complexity index is 1300. The molecule has 178 valence electrons. The van der Waals surface area contributed by atoms with E-state index in [0.717, 1.165) is 43.8 Å². The summed E-state index contributed by atoms with van der Waals surface area (Å²) in [5.41, 5.74) is -1.44. The largest absolute Gasteiger partial charge is 0.416 e. The molecule has 1 aromatic carbocycles. The minimum Gasteiger partial charge on any atom is -0.348 e. The fourth-order valence-electron chi connectivity index (χ4n) is 4.82. The minimum atomic E-state index is -4.80. The van der Waals surface area contributed by atoms with Crippen molar-refractivity contribution in [3.63, 3.8) is 0 Å². The Labute approximate surface area is 195 Å². The van der Waals surface area contributed by atoms with Crippen molar-refractivity contribution < 1.29 is 18.1 Å². The molecule has 0 saturated carbocycles. The molecule has 0 radical (unpaired) electrons. The third kappa shape index (κ3) is 4.23. The first-order valence-electron chi connectivity index (χ1n) is 10.7. The van der Waals surface area contributed by atoms with E-state index < -0.39 is 27.9 Å². The Hall–Kier alpha value is -3.12. The van der Waals surface area contributed by atoms with Crippen molar-refractivity contribution in [2.24, 2.45) is 5.41 Å². The van der Waals surface area contributed by atoms with Gasteiger partial charge in [0.2, 0.25) is 0 Å². The minimum absolute atomic E-state index is 0.0829. The summed E-state index contributed by atoms with van der Waals surface area (Å²) in [6.45, 7) is 4.07. The molecule has 0 N–H and O–H groups in total. The van der Waals surface area contributed by atoms with Crippen molar-refractivity contribution >= 4 is 32.2 Å². The molecule has 8 nitrogen and oxygen atoms in total. The van der Waals surface area contributed by atoms with Crippen LogP contribution in [0.15, 0.2) is 41.5 Å². The first kappa shape index (κ1) is 22.7. The first-order chi connectivity index (χ1) is 16.1. The van der Waals surface area contributed by atoms with Gasteiger partial charge < -0.3 is 4.90 Å². The average molecular weight is 491 g/mol. The van der Waals surface area contributed by atoms with Crippen molar-refractivity contribution in [3.05, 3.63) is 68.3 Å². The lowest BCUT2D eigenvalue weighted by Crippen LogP contribution is -2.59. The summed E-state index contributed by atoms with van der Waals surface area (Å²) in [5.74, 6) is 0. The van der Waals surface area contributed by atoms with Gasteiger partial charge in [-0.15, -0.1) is 0 Å². The number of alkyl halides is 3. The molecule has 12 heteroatoms. The Morgan fingerprint density at radius 2 is 1.82 bits per heavy atom. The SMILES string of the molecule is O=c1nc(N2CCC3(CC2)CN(Cc2ccncc2)C3)sc2c([N+](=O)[O-])cc(C(F)(F)F)cc12. The first-order valence-corrected chi connectivity index (χ1v) is 11.5. The zero-order valence-corrected chi connectivity index (χ0v) is 18.7. The Morgan fingerprint density at radius 1 is 1.15 bits per heavy atom. The van der Waals surface area contributed by atoms with E-state index in [4.69, 9.17) is 0 Å². The highest BCUT2D eigenvalue weighted by atomic mass is 32.1. The smallest absolute Gasteiger partial charge is 0.348 e. The van der Waals surface area contributed by atoms with Crippen LogP contribution in [0.4, 0.5) is 24.0 Å². The number of rotatable bonds is 4. The topological polar surface area (TPSA) is 92.5 Å². The number of hydrogen-bond donors (Lipinski definition) is 0. The number of aromatic nitrogens is 2. The molecule has 2 aliphatic rings. The Kier molecular flexibility index (Phi) is 5.52. The predicted octanol–water partition coefficient (Wildman–Crippen LogP) is 4.08. The molecule has 0 aliphatic carbocycles. The Morgan fingerprint density at radius 3 is 2.44 bits per heavy atom. The summed E-state index contributed by atoms with van der Waals surface area (Å²) >= 11 is 0.899. The molecule has 1 spiro atoms. The maximum atomic E-state index is 13.2. The number of hydrogen-bond acceptors (Lipinski definition) is 8. The third-order valence-corrected chi connectivity index (χ3v) is 7.75. The molecule has 2 aliphatic heterocycles. The molecule has 2 fully saturated rings. The van der Waals surface area contributed by atoms with E-state index in [2.05, 4.69) is 14.9 Å². The number of halogens is 3. The number of nitro groups is 1. The lowest BCUT2D eigenvalue weighted by molar-refractivity contribution is -0.383. The highest BCUT2D eigenvalue weighted by Crippen LogP contribution is 2.43. The lowest BCUT2D eigenvalue weighted by Gasteiger charge is -2.54. The number of pyridine rings is 1. The summed E-state index contributed by atoms with van der Waals surface area (Å²) in [4.78, 5) is 35.5. The highest BCUT2D eigenvalue weighted by Gasteiger charge is 2.45. The van der Waals surface area contributed by atoms with Crippen molar-refractivity contribution in [1.82, 2.24) is 14.9 Å². The van der Waals surface area contributed by atoms with Crippen LogP contribution in [0.1, 0.15) is 24.0 Å². The van der Waals surface area contributed by atoms with E-state index in [0.29, 0.717) is 30.4 Å². The summed E-state index contributed by atoms with van der Waals surface area (Å²) in [6.07, 6.45) is 0.522. The molecule has 0 unspecified atom stereocenters. The zero-order valence-electron chi connectivity index (χ0n) is 17.9. The molecule has 34 heavy (non-hydrogen) atoms. The number of likely N-dealkylation sites (tertiary alicyclic amines) is 1. The van der Waals surface area contributed by atoms with E-state index in [9.17, 15) is 28.1 Å². The number of fused-ring (bicyclic) bond motifs is 1. The monoisotopic (exact) mass is 491 g/mol. The quantitative estimate of drug-likeness (QED) is 0.401. The molecule has 4 heterocycles. The molecule has 2 saturated heterocycles. The van der Waals surface area contributed by atoms with Crippen LogP contribution in [0, 0.1) is 15.5 Å². The van der Waals surface area contributed by atoms with Gasteiger partial charge in [0.05, 0.1) is 15.9 Å². The highest BCUT2D eigenvalue weighted by molar-refractivity contribution is 7.22. The van der Waals surface area contributed by atoms with E-state index in [1.54, 1.807) is 12.4 Å². The van der Waals surface area contributed by atoms with Crippen LogP contribution in [0.25, 0.3) is 10.1 Å². The molecular weight excluding hydrogens is 471 g/mol. The maximum Gasteiger partial charge on any atom is 0.416 e. The van der Waals surface area contributed by atoms with Crippen molar-refractivity contribution in [2.75, 3.05) is 31.1 Å². The predicted molar refractivity (Wildman–Crippen MR) is 121 cm³/mol. The van der Waals surface area contributed by atoms with E-state index in [1.165, 1.54) is 5.56 Å². The average Bonchev–Trinajstić information content (AvgIpc) is 2.78. The van der Waals surface area contributed by atoms with Crippen LogP contribution in [-0.4, -0.2) is 46.0 Å². The fourth-order valence-corrected chi connectivity index (χ4v) is 5.94. The lowest BCUT2D eigenvalue weighted by atomic mass is 9.72. The number of anilines is 1. The van der Waals surface area contributed by atoms with Crippen LogP contribution in [0.5, 0.6) is 0 Å². The molecule has 3 aromatic rings. The van der Waals surface area contributed by atoms with Crippen LogP contribution in [-0.2, 0) is 12.7 Å². The molecular formula is C22H20F3N5O3S. The van der Waals surface area contributed by atoms with Gasteiger partial charge in [-0.3, -0.25) is 24.8 Å². The summed E-state index contributed by atoms with van der Waals surface area (Å²) in [6, 6.07) is 5.13. The zero-order chi connectivity index (χ0) is 24.1. The molecule has 0 atom stereocenters. The second kappa shape index (κ2) is 8.27. The maximum absolute atomic E-state index is 13.2. The second-order valence-electron chi connectivity index (χ2n) is 8.92. The number of non-ortho nitro benzene ring substituents is 1. The van der Waals surface area contributed by atoms with Gasteiger partial charge in [0.15, 0.2) is 5.13 Å². The van der Waals surface area contributed by atoms with Gasteiger partial charge in [0, 0.05) is 51.2 Å². The van der Waals surface area contributed by atoms with Gasteiger partial charge in [-0.05, 0) is 42.0 Å². The number of nitro benzene ring substituents is 1. The third-order valence-electron chi connectivity index (χ3n) is 6.58. The standard InChI is InChI=1S/C22H20F3N5O3S/c23-22(24,25)15-9-16-18(17(10-15)30(32)33)34-20(27-19(16)31)29-7-3-21(4-8-29)12-28(13-21)11-14-1-5-26-6-2-14/h1-2,5-6,9-10H,3-4,7-8,11-13H2. The van der Waals surface area contributed by atoms with Crippen LogP contribution in [0.3, 0.4) is 0 Å². The van der Waals surface area contributed by atoms with Gasteiger partial charge in [-0.1, -0.05) is 11.3 Å². The number of benzene rings is 1. The number of piperidine rings is 1. The van der Waals surface area contributed by atoms with Crippen LogP contribution in [0.2, 0.25) is 0 Å². The number of nitrogens with zero attached hydrogens (tertiary/aromatic N) is 5. The van der Waals surface area contributed by atoms with Gasteiger partial charge >= 0.3 is 6.18 Å². The van der Waals surface area contributed by atoms with Crippen LogP contribution >= 0.6 is 11.3 Å². The van der Waals surface area contributed by atoms with E-state index in [-0.39, 0.29) is 15.5 Å². The van der Waals surface area contributed by atoms with Gasteiger partial charge in [0.1, 0.15) is 4.70 Å². The van der Waals surface area contributed by atoms with Crippen molar-refractivity contribution in [1.29, 1.82) is 0 Å². The summed E-state index contributed by atoms with van der Waals surface area (Å²) in [5, 5.41) is 11.4. The summed E-state index contributed by atoms with van der Waals surface area (Å²) < 4.78 is 39.4. The van der Waals surface area contributed by atoms with Gasteiger partial charge in [0.25, 0.3) is 11.2 Å². The van der Waals surface area contributed by atoms with E-state index >= 15 is 0 Å². The Balaban J connectivity index is 1.33. The van der Waals surface area contributed by atoms with Gasteiger partial charge in [-0.2, -0.15) is 18.2 Å². The normalized spacial score (nSPS) is 18.3. The fraction of sp³-hybridized carbons (Fsp3) is 0.409. The molecule has 2 aromatic heterocycles. The van der Waals surface area contributed by atoms with E-state index in [1.807, 2.05) is 17.0 Å². The van der Waals surface area contributed by atoms with Crippen molar-refractivity contribution in [3.8, 4) is 0 Å². The molecule has 0 bridgehead atoms. The van der Waals surface area contributed by atoms with Crippen LogP contribution < -0.4 is 10.5 Å². The van der Waals surface area contributed by atoms with Crippen molar-refractivity contribution in [2.45, 2.75) is 25.6 Å². The molecule has 0 amide bonds. The summed E-state index contributed by atoms with van der Waals surface area (Å²) in [7, 11) is 0. The second-order valence-corrected chi connectivity index (χ2v) is 9.89. The van der Waals surface area contributed by atoms with Gasteiger partial charge in [-0.25, -0.2) is 0 Å².